The molecule has 1 aromatic rings. The minimum Gasteiger partial charge on any atom is 3.00 e. The summed E-state index contributed by atoms with van der Waals surface area (Å²) in [5, 5.41) is 0. The molecule has 0 atom stereocenters. The molecule has 127 valence electrons. The summed E-state index contributed by atoms with van der Waals surface area (Å²) in [4.78, 5) is 0. The third kappa shape index (κ3) is 24.6. The van der Waals surface area contributed by atoms with E-state index < -0.39 is 19.5 Å². The second kappa shape index (κ2) is 7.94. The molecule has 0 nitrogen and oxygen atoms in total. The Bertz CT molecular complexity index is 459. The molecule has 1 radical (unpaired) electrons. The Hall–Kier alpha value is -0.382. The molecule has 0 amide bonds. The molecule has 0 unspecified atom stereocenters. The van der Waals surface area contributed by atoms with Crippen molar-refractivity contribution in [1.82, 2.24) is 0 Å². The quantitative estimate of drug-likeness (QED) is 0.243. The average molecular weight is 477 g/mol. The van der Waals surface area contributed by atoms with E-state index in [2.05, 4.69) is 51.1 Å². The smallest absolute Gasteiger partial charge is 3.00 e. The van der Waals surface area contributed by atoms with Crippen molar-refractivity contribution >= 4 is 19.5 Å². The topological polar surface area (TPSA) is 0 Å². The summed E-state index contributed by atoms with van der Waals surface area (Å²) in [7, 11) is 0. The van der Waals surface area contributed by atoms with Gasteiger partial charge in [-0.15, -0.1) is 6.42 Å². The fourth-order valence-electron chi connectivity index (χ4n) is 1.54. The van der Waals surface area contributed by atoms with Crippen molar-refractivity contribution in [3.63, 3.8) is 0 Å². The van der Waals surface area contributed by atoms with Crippen LogP contribution in [0.4, 0.5) is 16.9 Å². The van der Waals surface area contributed by atoms with Gasteiger partial charge < -0.3 is 0 Å². The van der Waals surface area contributed by atoms with Gasteiger partial charge in [0.25, 0.3) is 0 Å². The van der Waals surface area contributed by atoms with Gasteiger partial charge in [-0.3, -0.25) is 6.08 Å². The Balaban J connectivity index is 0. The maximum absolute atomic E-state index is 11.2. The van der Waals surface area contributed by atoms with Gasteiger partial charge in [-0.2, -0.15) is 6.08 Å². The summed E-state index contributed by atoms with van der Waals surface area (Å²) in [5.74, 6) is 0. The average Bonchev–Trinajstić information content (AvgIpc) is 2.65. The Labute approximate surface area is 139 Å². The predicted octanol–water partition coefficient (Wildman–Crippen LogP) is 6.06. The maximum atomic E-state index is 9.93. The van der Waals surface area contributed by atoms with E-state index in [0.717, 1.165) is 6.42 Å². The molecule has 1 aromatic carbocycles. The van der Waals surface area contributed by atoms with Crippen molar-refractivity contribution in [3.05, 3.63) is 59.2 Å². The molecule has 0 bridgehead atoms. The van der Waals surface area contributed by atoms with E-state index in [9.17, 15) is 16.9 Å². The van der Waals surface area contributed by atoms with Crippen LogP contribution in [0.3, 0.4) is 0 Å². The van der Waals surface area contributed by atoms with Gasteiger partial charge in [-0.1, -0.05) is 34.9 Å². The van der Waals surface area contributed by atoms with Crippen molar-refractivity contribution in [2.24, 2.45) is 0 Å². The van der Waals surface area contributed by atoms with Crippen LogP contribution in [0, 0.1) is 26.8 Å². The second-order valence-electron chi connectivity index (χ2n) is 4.63. The van der Waals surface area contributed by atoms with Crippen LogP contribution in [0.25, 0.3) is 0 Å². The first-order valence-electron chi connectivity index (χ1n) is 5.96. The molecule has 0 aliphatic heterocycles. The Kier molecular flexibility index (Phi) is 8.61. The third-order valence-corrected chi connectivity index (χ3v) is 1.95. The Morgan fingerprint density at radius 2 is 1.14 bits per heavy atom. The molecule has 0 N–H and O–H groups in total. The molecule has 0 saturated heterocycles. The number of hydrogen-bond acceptors (Lipinski definition) is 0. The number of aryl methyl sites for hydroxylation is 3. The van der Waals surface area contributed by atoms with E-state index in [1.165, 1.54) is 16.7 Å². The summed E-state index contributed by atoms with van der Waals surface area (Å²) in [6.45, 7) is 6.38. The zero-order valence-corrected chi connectivity index (χ0v) is 15.9. The standard InChI is InChI=1S/C9H12.C5H5.6FH.Fe.Sb/c1-7-4-8(2)6-9(3)5-7;1-2-4-5-3-1;;;;;;;;/h4-6H,1-3H3;1-3H,4H2;6*1H;;/q;-1;;;;;;;+3;+5/p-6. The van der Waals surface area contributed by atoms with Gasteiger partial charge in [-0.05, 0) is 20.8 Å². The first-order valence-corrected chi connectivity index (χ1v) is 11.8. The van der Waals surface area contributed by atoms with Crippen molar-refractivity contribution in [2.75, 3.05) is 0 Å². The van der Waals surface area contributed by atoms with Crippen LogP contribution in [-0.4, -0.2) is 19.5 Å². The zero-order valence-electron chi connectivity index (χ0n) is 12.2. The summed E-state index contributed by atoms with van der Waals surface area (Å²) in [5.41, 5.74) is 4.06. The molecule has 22 heavy (non-hydrogen) atoms. The molecule has 8 heteroatoms. The van der Waals surface area contributed by atoms with E-state index in [4.69, 9.17) is 0 Å². The van der Waals surface area contributed by atoms with Crippen molar-refractivity contribution in [3.8, 4) is 0 Å². The van der Waals surface area contributed by atoms with Crippen LogP contribution in [0.15, 0.2) is 36.4 Å². The molecular weight excluding hydrogens is 460 g/mol. The van der Waals surface area contributed by atoms with E-state index >= 15 is 0 Å². The molecule has 0 spiro atoms. The molecule has 0 fully saturated rings. The van der Waals surface area contributed by atoms with Crippen LogP contribution in [0.1, 0.15) is 23.1 Å². The minimum atomic E-state index is -11.2. The van der Waals surface area contributed by atoms with Crippen LogP contribution in [0.5, 0.6) is 0 Å². The first-order chi connectivity index (χ1) is 9.13. The second-order valence-corrected chi connectivity index (χ2v) is 10.1. The number of benzene rings is 1. The summed E-state index contributed by atoms with van der Waals surface area (Å²) in [6, 6.07) is 6.56. The molecular formula is C14H17F6FeSb+. The van der Waals surface area contributed by atoms with Crippen LogP contribution < -0.4 is 0 Å². The molecule has 1 aliphatic rings. The number of rotatable bonds is 0. The van der Waals surface area contributed by atoms with Crippen LogP contribution in [-0.2, 0) is 17.1 Å². The van der Waals surface area contributed by atoms with Crippen molar-refractivity contribution < 1.29 is 33.9 Å². The van der Waals surface area contributed by atoms with Gasteiger partial charge in [0.1, 0.15) is 0 Å². The van der Waals surface area contributed by atoms with Gasteiger partial charge in [-0.25, -0.2) is 12.2 Å². The van der Waals surface area contributed by atoms with E-state index in [1.807, 2.05) is 12.2 Å². The van der Waals surface area contributed by atoms with Gasteiger partial charge in [0, 0.05) is 0 Å². The van der Waals surface area contributed by atoms with Gasteiger partial charge in [0.2, 0.25) is 0 Å². The summed E-state index contributed by atoms with van der Waals surface area (Å²) >= 11 is -11.2. The van der Waals surface area contributed by atoms with E-state index in [1.54, 1.807) is 0 Å². The summed E-state index contributed by atoms with van der Waals surface area (Å²) < 4.78 is 59.6. The van der Waals surface area contributed by atoms with Gasteiger partial charge in [0.15, 0.2) is 0 Å². The van der Waals surface area contributed by atoms with E-state index in [-0.39, 0.29) is 17.1 Å². The zero-order chi connectivity index (χ0) is 16.8. The van der Waals surface area contributed by atoms with Crippen molar-refractivity contribution in [1.29, 1.82) is 0 Å². The van der Waals surface area contributed by atoms with E-state index in [0.29, 0.717) is 0 Å². The molecule has 2 rings (SSSR count). The molecule has 0 saturated carbocycles. The van der Waals surface area contributed by atoms with Crippen LogP contribution in [0.2, 0.25) is 0 Å². The van der Waals surface area contributed by atoms with Crippen molar-refractivity contribution in [2.45, 2.75) is 27.2 Å². The fourth-order valence-corrected chi connectivity index (χ4v) is 1.54. The largest absolute Gasteiger partial charge is 3.00 e. The molecule has 0 aromatic heterocycles. The third-order valence-electron chi connectivity index (χ3n) is 1.95. The first kappa shape index (κ1) is 23.9. The van der Waals surface area contributed by atoms with Gasteiger partial charge in [0.05, 0.1) is 0 Å². The number of hydrogen-bond donors (Lipinski definition) is 0. The van der Waals surface area contributed by atoms with Crippen LogP contribution >= 0.6 is 0 Å². The Morgan fingerprint density at radius 3 is 1.27 bits per heavy atom. The SMILES string of the molecule is Cc1cc(C)cc(C)c1.[C-]1=CC=CC1.[F][Sb-]([F])([F])([F])([F])[F].[Fe+3]. The monoisotopic (exact) mass is 476 g/mol. The fraction of sp³-hybridized carbons (Fsp3) is 0.286. The normalized spacial score (nSPS) is 15.3. The Morgan fingerprint density at radius 1 is 0.818 bits per heavy atom. The molecule has 0 heterocycles. The number of allylic oxidation sites excluding steroid dienone is 4. The summed E-state index contributed by atoms with van der Waals surface area (Å²) in [6.07, 6.45) is 10.0. The number of halogens is 6. The predicted molar refractivity (Wildman–Crippen MR) is 74.6 cm³/mol. The minimum absolute atomic E-state index is 0. The maximum Gasteiger partial charge on any atom is 3.00 e. The van der Waals surface area contributed by atoms with Gasteiger partial charge >= 0.3 is 53.4 Å². The molecule has 1 aliphatic carbocycles.